The van der Waals surface area contributed by atoms with E-state index in [0.717, 1.165) is 0 Å². The summed E-state index contributed by atoms with van der Waals surface area (Å²) in [6.07, 6.45) is 0. The van der Waals surface area contributed by atoms with E-state index in [4.69, 9.17) is 0 Å². The standard InChI is InChI=1S/C18H15N/c1-12-11-16-14-8-5-6-10-17(14)19(2)18(16)15-9-4-3-7-13(12)15/h3-11H,1-2H3. The molecular formula is C18H15N. The van der Waals surface area contributed by atoms with E-state index in [-0.39, 0.29) is 0 Å². The molecule has 0 N–H and O–H groups in total. The summed E-state index contributed by atoms with van der Waals surface area (Å²) in [5.74, 6) is 0. The van der Waals surface area contributed by atoms with E-state index in [0.29, 0.717) is 0 Å². The van der Waals surface area contributed by atoms with Crippen molar-refractivity contribution in [3.05, 3.63) is 60.2 Å². The van der Waals surface area contributed by atoms with Crippen molar-refractivity contribution in [3.63, 3.8) is 0 Å². The van der Waals surface area contributed by atoms with Gasteiger partial charge in [-0.3, -0.25) is 0 Å². The van der Waals surface area contributed by atoms with Gasteiger partial charge in [0, 0.05) is 28.7 Å². The van der Waals surface area contributed by atoms with Crippen LogP contribution >= 0.6 is 0 Å². The van der Waals surface area contributed by atoms with Gasteiger partial charge in [-0.05, 0) is 30.0 Å². The van der Waals surface area contributed by atoms with Gasteiger partial charge in [0.2, 0.25) is 0 Å². The van der Waals surface area contributed by atoms with Crippen LogP contribution in [0.15, 0.2) is 54.6 Å². The Hall–Kier alpha value is -2.28. The highest BCUT2D eigenvalue weighted by atomic mass is 14.9. The van der Waals surface area contributed by atoms with Crippen molar-refractivity contribution in [2.24, 2.45) is 7.05 Å². The molecule has 0 saturated heterocycles. The van der Waals surface area contributed by atoms with Gasteiger partial charge in [-0.15, -0.1) is 0 Å². The van der Waals surface area contributed by atoms with E-state index in [1.54, 1.807) is 0 Å². The normalized spacial score (nSPS) is 11.7. The minimum atomic E-state index is 1.30. The molecule has 0 aliphatic rings. The fraction of sp³-hybridized carbons (Fsp3) is 0.111. The molecule has 0 radical (unpaired) electrons. The van der Waals surface area contributed by atoms with Gasteiger partial charge in [0.25, 0.3) is 0 Å². The monoisotopic (exact) mass is 245 g/mol. The lowest BCUT2D eigenvalue weighted by Crippen LogP contribution is -1.88. The summed E-state index contributed by atoms with van der Waals surface area (Å²) in [5.41, 5.74) is 3.98. The Labute approximate surface area is 112 Å². The lowest BCUT2D eigenvalue weighted by Gasteiger charge is -2.06. The Morgan fingerprint density at radius 3 is 2.16 bits per heavy atom. The highest BCUT2D eigenvalue weighted by Gasteiger charge is 2.11. The number of hydrogen-bond acceptors (Lipinski definition) is 0. The number of aromatic nitrogens is 1. The summed E-state index contributed by atoms with van der Waals surface area (Å²) in [7, 11) is 2.16. The van der Waals surface area contributed by atoms with Crippen molar-refractivity contribution in [2.75, 3.05) is 0 Å². The molecule has 19 heavy (non-hydrogen) atoms. The smallest absolute Gasteiger partial charge is 0.0568 e. The van der Waals surface area contributed by atoms with Crippen LogP contribution in [0.1, 0.15) is 5.56 Å². The lowest BCUT2D eigenvalue weighted by atomic mass is 10.0. The molecule has 4 aromatic rings. The second kappa shape index (κ2) is 3.61. The van der Waals surface area contributed by atoms with E-state index < -0.39 is 0 Å². The van der Waals surface area contributed by atoms with E-state index in [1.807, 2.05) is 0 Å². The topological polar surface area (TPSA) is 4.93 Å². The summed E-state index contributed by atoms with van der Waals surface area (Å²) in [4.78, 5) is 0. The average molecular weight is 245 g/mol. The molecule has 0 fully saturated rings. The SMILES string of the molecule is Cc1cc2c3ccccc3n(C)c2c2ccccc12. The number of para-hydroxylation sites is 1. The molecule has 0 amide bonds. The van der Waals surface area contributed by atoms with Gasteiger partial charge in [0.1, 0.15) is 0 Å². The fourth-order valence-corrected chi connectivity index (χ4v) is 3.22. The molecule has 0 spiro atoms. The van der Waals surface area contributed by atoms with Crippen LogP contribution in [0, 0.1) is 6.92 Å². The van der Waals surface area contributed by atoms with Crippen LogP contribution in [0.25, 0.3) is 32.6 Å². The molecule has 4 rings (SSSR count). The molecule has 1 heterocycles. The van der Waals surface area contributed by atoms with Gasteiger partial charge >= 0.3 is 0 Å². The van der Waals surface area contributed by atoms with Gasteiger partial charge < -0.3 is 4.57 Å². The summed E-state index contributed by atoms with van der Waals surface area (Å²) in [6, 6.07) is 19.6. The Morgan fingerprint density at radius 2 is 1.37 bits per heavy atom. The van der Waals surface area contributed by atoms with Crippen LogP contribution in [0.4, 0.5) is 0 Å². The van der Waals surface area contributed by atoms with Crippen molar-refractivity contribution in [2.45, 2.75) is 6.92 Å². The Balaban J connectivity index is 2.41. The molecule has 1 aromatic heterocycles. The summed E-state index contributed by atoms with van der Waals surface area (Å²) < 4.78 is 2.31. The second-order valence-electron chi connectivity index (χ2n) is 5.21. The zero-order chi connectivity index (χ0) is 13.0. The summed E-state index contributed by atoms with van der Waals surface area (Å²) in [5, 5.41) is 5.39. The minimum absolute atomic E-state index is 1.30. The van der Waals surface area contributed by atoms with Gasteiger partial charge in [-0.1, -0.05) is 42.5 Å². The summed E-state index contributed by atoms with van der Waals surface area (Å²) >= 11 is 0. The van der Waals surface area contributed by atoms with Crippen LogP contribution in [-0.4, -0.2) is 4.57 Å². The first-order valence-electron chi connectivity index (χ1n) is 6.63. The maximum absolute atomic E-state index is 2.32. The van der Waals surface area contributed by atoms with E-state index in [9.17, 15) is 0 Å². The molecule has 0 saturated carbocycles. The number of fused-ring (bicyclic) bond motifs is 5. The maximum atomic E-state index is 2.32. The molecule has 92 valence electrons. The molecule has 3 aromatic carbocycles. The quantitative estimate of drug-likeness (QED) is 0.419. The first kappa shape index (κ1) is 10.6. The third-order valence-electron chi connectivity index (χ3n) is 4.11. The first-order valence-corrected chi connectivity index (χ1v) is 6.63. The van der Waals surface area contributed by atoms with Crippen molar-refractivity contribution in [1.82, 2.24) is 4.57 Å². The Morgan fingerprint density at radius 1 is 0.737 bits per heavy atom. The Kier molecular flexibility index (Phi) is 2.02. The minimum Gasteiger partial charge on any atom is -0.343 e. The molecule has 0 atom stereocenters. The average Bonchev–Trinajstić information content (AvgIpc) is 2.73. The number of rotatable bonds is 0. The number of nitrogens with zero attached hydrogens (tertiary/aromatic N) is 1. The van der Waals surface area contributed by atoms with Gasteiger partial charge in [-0.2, -0.15) is 0 Å². The molecule has 1 nitrogen and oxygen atoms in total. The van der Waals surface area contributed by atoms with Crippen LogP contribution in [0.2, 0.25) is 0 Å². The fourth-order valence-electron chi connectivity index (χ4n) is 3.22. The molecular weight excluding hydrogens is 230 g/mol. The van der Waals surface area contributed by atoms with Crippen LogP contribution in [0.3, 0.4) is 0 Å². The zero-order valence-electron chi connectivity index (χ0n) is 11.1. The lowest BCUT2D eigenvalue weighted by molar-refractivity contribution is 1.02. The second-order valence-corrected chi connectivity index (χ2v) is 5.21. The predicted molar refractivity (Wildman–Crippen MR) is 82.7 cm³/mol. The van der Waals surface area contributed by atoms with Gasteiger partial charge in [-0.25, -0.2) is 0 Å². The van der Waals surface area contributed by atoms with Crippen LogP contribution in [-0.2, 0) is 7.05 Å². The van der Waals surface area contributed by atoms with Crippen molar-refractivity contribution >= 4 is 32.6 Å². The van der Waals surface area contributed by atoms with Gasteiger partial charge in [0.15, 0.2) is 0 Å². The van der Waals surface area contributed by atoms with Crippen molar-refractivity contribution in [3.8, 4) is 0 Å². The molecule has 0 bridgehead atoms. The molecule has 1 heteroatoms. The third-order valence-corrected chi connectivity index (χ3v) is 4.11. The Bertz CT molecular complexity index is 929. The highest BCUT2D eigenvalue weighted by Crippen LogP contribution is 2.34. The number of hydrogen-bond donors (Lipinski definition) is 0. The van der Waals surface area contributed by atoms with Gasteiger partial charge in [0.05, 0.1) is 5.52 Å². The van der Waals surface area contributed by atoms with Crippen LogP contribution in [0.5, 0.6) is 0 Å². The van der Waals surface area contributed by atoms with Crippen LogP contribution < -0.4 is 0 Å². The third kappa shape index (κ3) is 1.30. The molecule has 0 unspecified atom stereocenters. The maximum Gasteiger partial charge on any atom is 0.0568 e. The first-order chi connectivity index (χ1) is 9.27. The highest BCUT2D eigenvalue weighted by molar-refractivity contribution is 6.18. The van der Waals surface area contributed by atoms with Crippen molar-refractivity contribution < 1.29 is 0 Å². The van der Waals surface area contributed by atoms with E-state index in [1.165, 1.54) is 38.1 Å². The summed E-state index contributed by atoms with van der Waals surface area (Å²) in [6.45, 7) is 2.20. The predicted octanol–water partition coefficient (Wildman–Crippen LogP) is 4.79. The number of benzene rings is 3. The van der Waals surface area contributed by atoms with E-state index in [2.05, 4.69) is 73.1 Å². The molecule has 0 aliphatic carbocycles. The van der Waals surface area contributed by atoms with E-state index >= 15 is 0 Å². The van der Waals surface area contributed by atoms with Crippen molar-refractivity contribution in [1.29, 1.82) is 0 Å². The zero-order valence-corrected chi connectivity index (χ0v) is 11.1. The molecule has 0 aliphatic heterocycles. The number of aryl methyl sites for hydroxylation is 2. The largest absolute Gasteiger partial charge is 0.343 e.